The van der Waals surface area contributed by atoms with Gasteiger partial charge in [0, 0.05) is 10.5 Å². The molecule has 1 atom stereocenters. The van der Waals surface area contributed by atoms with Crippen LogP contribution in [0.4, 0.5) is 5.69 Å². The molecule has 1 aromatic carbocycles. The van der Waals surface area contributed by atoms with Gasteiger partial charge in [-0.1, -0.05) is 22.9 Å². The van der Waals surface area contributed by atoms with Crippen molar-refractivity contribution >= 4 is 37.5 Å². The van der Waals surface area contributed by atoms with E-state index in [1.807, 2.05) is 20.8 Å². The summed E-state index contributed by atoms with van der Waals surface area (Å²) in [6, 6.07) is 5.21. The van der Waals surface area contributed by atoms with Gasteiger partial charge in [0.15, 0.2) is 0 Å². The number of hydrogen-bond acceptors (Lipinski definition) is 3. The van der Waals surface area contributed by atoms with E-state index in [0.717, 1.165) is 27.0 Å². The van der Waals surface area contributed by atoms with E-state index in [1.54, 1.807) is 18.2 Å². The van der Waals surface area contributed by atoms with E-state index in [2.05, 4.69) is 21.2 Å². The van der Waals surface area contributed by atoms with Crippen LogP contribution in [-0.2, 0) is 14.8 Å². The third-order valence-electron chi connectivity index (χ3n) is 3.14. The number of benzene rings is 1. The van der Waals surface area contributed by atoms with Crippen molar-refractivity contribution in [3.63, 3.8) is 0 Å². The van der Waals surface area contributed by atoms with Crippen molar-refractivity contribution in [1.82, 2.24) is 5.32 Å². The standard InChI is InChI=1S/C14H21BrN2O3S/c1-5-11(3)16-14(18)9-17(21(4,19)20)12-6-7-13(15)10(2)8-12/h6-8,11H,5,9H2,1-4H3,(H,16,18)/t11-/m0/s1. The van der Waals surface area contributed by atoms with Gasteiger partial charge < -0.3 is 5.32 Å². The summed E-state index contributed by atoms with van der Waals surface area (Å²) in [6.07, 6.45) is 1.89. The summed E-state index contributed by atoms with van der Waals surface area (Å²) in [5, 5.41) is 2.77. The maximum Gasteiger partial charge on any atom is 0.240 e. The van der Waals surface area contributed by atoms with E-state index in [4.69, 9.17) is 0 Å². The number of nitrogens with zero attached hydrogens (tertiary/aromatic N) is 1. The van der Waals surface area contributed by atoms with E-state index < -0.39 is 10.0 Å². The molecular weight excluding hydrogens is 356 g/mol. The van der Waals surface area contributed by atoms with Crippen molar-refractivity contribution in [2.24, 2.45) is 0 Å². The van der Waals surface area contributed by atoms with Crippen molar-refractivity contribution in [3.8, 4) is 0 Å². The molecule has 0 aliphatic carbocycles. The maximum absolute atomic E-state index is 12.0. The highest BCUT2D eigenvalue weighted by atomic mass is 79.9. The summed E-state index contributed by atoms with van der Waals surface area (Å²) in [6.45, 7) is 5.49. The van der Waals surface area contributed by atoms with Gasteiger partial charge in [0.25, 0.3) is 0 Å². The van der Waals surface area contributed by atoms with Crippen LogP contribution in [0.25, 0.3) is 0 Å². The highest BCUT2D eigenvalue weighted by Crippen LogP contribution is 2.24. The lowest BCUT2D eigenvalue weighted by molar-refractivity contribution is -0.120. The minimum Gasteiger partial charge on any atom is -0.352 e. The number of sulfonamides is 1. The zero-order valence-electron chi connectivity index (χ0n) is 12.7. The van der Waals surface area contributed by atoms with Gasteiger partial charge >= 0.3 is 0 Å². The Morgan fingerprint density at radius 2 is 2.05 bits per heavy atom. The fourth-order valence-corrected chi connectivity index (χ4v) is 2.83. The van der Waals surface area contributed by atoms with E-state index in [0.29, 0.717) is 5.69 Å². The predicted molar refractivity (Wildman–Crippen MR) is 89.0 cm³/mol. The van der Waals surface area contributed by atoms with Crippen LogP contribution in [0.15, 0.2) is 22.7 Å². The Labute approximate surface area is 134 Å². The van der Waals surface area contributed by atoms with Crippen LogP contribution in [0, 0.1) is 6.92 Å². The minimum atomic E-state index is -3.53. The van der Waals surface area contributed by atoms with Gasteiger partial charge in [-0.05, 0) is 44.0 Å². The summed E-state index contributed by atoms with van der Waals surface area (Å²) < 4.78 is 25.9. The van der Waals surface area contributed by atoms with E-state index in [1.165, 1.54) is 0 Å². The number of aryl methyl sites for hydroxylation is 1. The number of amides is 1. The number of hydrogen-bond donors (Lipinski definition) is 1. The number of nitrogens with one attached hydrogen (secondary N) is 1. The molecule has 0 fully saturated rings. The topological polar surface area (TPSA) is 66.5 Å². The average molecular weight is 377 g/mol. The van der Waals surface area contributed by atoms with Gasteiger partial charge in [0.05, 0.1) is 11.9 Å². The summed E-state index contributed by atoms with van der Waals surface area (Å²) in [4.78, 5) is 12.0. The van der Waals surface area contributed by atoms with Gasteiger partial charge in [0.2, 0.25) is 15.9 Å². The molecule has 0 aromatic heterocycles. The molecule has 0 radical (unpaired) electrons. The maximum atomic E-state index is 12.0. The molecule has 0 heterocycles. The molecular formula is C14H21BrN2O3S. The Hall–Kier alpha value is -1.08. The molecule has 1 rings (SSSR count). The molecule has 0 bridgehead atoms. The molecule has 0 aliphatic rings. The normalized spacial score (nSPS) is 12.8. The molecule has 0 unspecified atom stereocenters. The molecule has 0 aliphatic heterocycles. The molecule has 0 spiro atoms. The van der Waals surface area contributed by atoms with Crippen LogP contribution >= 0.6 is 15.9 Å². The van der Waals surface area contributed by atoms with E-state index >= 15 is 0 Å². The lowest BCUT2D eigenvalue weighted by atomic mass is 10.2. The first-order valence-corrected chi connectivity index (χ1v) is 9.32. The Bertz CT molecular complexity index is 617. The summed E-state index contributed by atoms with van der Waals surface area (Å²) in [5.74, 6) is -0.310. The molecule has 118 valence electrons. The number of carbonyl (C=O) groups is 1. The van der Waals surface area contributed by atoms with Crippen LogP contribution in [0.5, 0.6) is 0 Å². The van der Waals surface area contributed by atoms with Crippen LogP contribution < -0.4 is 9.62 Å². The van der Waals surface area contributed by atoms with Crippen molar-refractivity contribution in [2.75, 3.05) is 17.1 Å². The molecule has 21 heavy (non-hydrogen) atoms. The van der Waals surface area contributed by atoms with Crippen molar-refractivity contribution in [3.05, 3.63) is 28.2 Å². The first kappa shape index (κ1) is 18.0. The lowest BCUT2D eigenvalue weighted by Crippen LogP contribution is -2.43. The molecule has 0 saturated heterocycles. The highest BCUT2D eigenvalue weighted by Gasteiger charge is 2.21. The van der Waals surface area contributed by atoms with Crippen molar-refractivity contribution < 1.29 is 13.2 Å². The SMILES string of the molecule is CC[C@H](C)NC(=O)CN(c1ccc(Br)c(C)c1)S(C)(=O)=O. The zero-order valence-corrected chi connectivity index (χ0v) is 15.1. The Morgan fingerprint density at radius 1 is 1.43 bits per heavy atom. The van der Waals surface area contributed by atoms with Gasteiger partial charge in [-0.3, -0.25) is 9.10 Å². The number of anilines is 1. The predicted octanol–water partition coefficient (Wildman–Crippen LogP) is 2.44. The average Bonchev–Trinajstić information content (AvgIpc) is 2.38. The summed E-state index contributed by atoms with van der Waals surface area (Å²) in [7, 11) is -3.53. The Morgan fingerprint density at radius 3 is 2.52 bits per heavy atom. The Balaban J connectivity index is 3.02. The number of carbonyl (C=O) groups excluding carboxylic acids is 1. The van der Waals surface area contributed by atoms with Crippen molar-refractivity contribution in [2.45, 2.75) is 33.2 Å². The molecule has 1 amide bonds. The van der Waals surface area contributed by atoms with Crippen LogP contribution in [-0.4, -0.2) is 33.2 Å². The molecule has 7 heteroatoms. The third kappa shape index (κ3) is 5.32. The van der Waals surface area contributed by atoms with E-state index in [9.17, 15) is 13.2 Å². The van der Waals surface area contributed by atoms with E-state index in [-0.39, 0.29) is 18.5 Å². The van der Waals surface area contributed by atoms with Crippen LogP contribution in [0.2, 0.25) is 0 Å². The second-order valence-electron chi connectivity index (χ2n) is 5.08. The lowest BCUT2D eigenvalue weighted by Gasteiger charge is -2.23. The highest BCUT2D eigenvalue weighted by molar-refractivity contribution is 9.10. The fraction of sp³-hybridized carbons (Fsp3) is 0.500. The van der Waals surface area contributed by atoms with Crippen LogP contribution in [0.3, 0.4) is 0 Å². The largest absolute Gasteiger partial charge is 0.352 e. The second kappa shape index (κ2) is 7.26. The molecule has 1 aromatic rings. The second-order valence-corrected chi connectivity index (χ2v) is 7.84. The van der Waals surface area contributed by atoms with Crippen molar-refractivity contribution in [1.29, 1.82) is 0 Å². The fourth-order valence-electron chi connectivity index (χ4n) is 1.74. The number of rotatable bonds is 6. The molecule has 1 N–H and O–H groups in total. The van der Waals surface area contributed by atoms with Gasteiger partial charge in [-0.2, -0.15) is 0 Å². The number of halogens is 1. The first-order valence-electron chi connectivity index (χ1n) is 6.68. The minimum absolute atomic E-state index is 0.0190. The molecule has 0 saturated carbocycles. The monoisotopic (exact) mass is 376 g/mol. The van der Waals surface area contributed by atoms with Gasteiger partial charge in [-0.25, -0.2) is 8.42 Å². The zero-order chi connectivity index (χ0) is 16.2. The van der Waals surface area contributed by atoms with Gasteiger partial charge in [-0.15, -0.1) is 0 Å². The Kier molecular flexibility index (Phi) is 6.22. The van der Waals surface area contributed by atoms with Crippen LogP contribution in [0.1, 0.15) is 25.8 Å². The summed E-state index contributed by atoms with van der Waals surface area (Å²) >= 11 is 3.37. The smallest absolute Gasteiger partial charge is 0.240 e. The van der Waals surface area contributed by atoms with Gasteiger partial charge in [0.1, 0.15) is 6.54 Å². The first-order chi connectivity index (χ1) is 9.65. The third-order valence-corrected chi connectivity index (χ3v) is 5.17. The summed E-state index contributed by atoms with van der Waals surface area (Å²) in [5.41, 5.74) is 1.39. The quantitative estimate of drug-likeness (QED) is 0.828. The molecule has 5 nitrogen and oxygen atoms in total.